The third-order valence-electron chi connectivity index (χ3n) is 9.01. The quantitative estimate of drug-likeness (QED) is 0.0737. The summed E-state index contributed by atoms with van der Waals surface area (Å²) in [5.41, 5.74) is 1.78. The van der Waals surface area contributed by atoms with E-state index in [4.69, 9.17) is 4.42 Å². The Hall–Kier alpha value is -7.46. The van der Waals surface area contributed by atoms with E-state index in [1.807, 2.05) is 5.32 Å². The number of carbonyl (C=O) groups is 2. The molecule has 0 radical (unpaired) electrons. The smallest absolute Gasteiger partial charge is 0.315 e. The lowest BCUT2D eigenvalue weighted by atomic mass is 10.1. The number of alkyl halides is 4. The normalized spacial score (nSPS) is 11.4. The second-order valence-electron chi connectivity index (χ2n) is 13.4. The first kappa shape index (κ1) is 47.0. The summed E-state index contributed by atoms with van der Waals surface area (Å²) in [4.78, 5) is 30.6. The fourth-order valence-electron chi connectivity index (χ4n) is 5.81. The van der Waals surface area contributed by atoms with Crippen molar-refractivity contribution in [3.8, 4) is 11.5 Å². The molecule has 3 aromatic heterocycles. The average molecular weight is 938 g/mol. The molecule has 0 aliphatic rings. The Balaban J connectivity index is 0.000000215. The molecule has 0 fully saturated rings. The van der Waals surface area contributed by atoms with E-state index in [0.29, 0.717) is 16.7 Å². The molecule has 0 spiro atoms. The van der Waals surface area contributed by atoms with Gasteiger partial charge in [-0.25, -0.2) is 25.6 Å². The van der Waals surface area contributed by atoms with Gasteiger partial charge in [0.2, 0.25) is 5.89 Å². The molecular formula is C43H33F6N7O7S2. The van der Waals surface area contributed by atoms with Crippen LogP contribution in [0.25, 0.3) is 11.5 Å². The Morgan fingerprint density at radius 2 is 1.12 bits per heavy atom. The van der Waals surface area contributed by atoms with Gasteiger partial charge in [-0.15, -0.1) is 10.2 Å². The van der Waals surface area contributed by atoms with E-state index in [2.05, 4.69) is 20.2 Å². The van der Waals surface area contributed by atoms with Crippen LogP contribution < -0.4 is 13.9 Å². The number of Topliss-reactive ketones (excluding diaryl/α,β-unsaturated/α-hetero) is 1. The summed E-state index contributed by atoms with van der Waals surface area (Å²) in [6.07, 6.45) is -0.853. The summed E-state index contributed by atoms with van der Waals surface area (Å²) in [6.45, 7) is -0.905. The number of benzene rings is 4. The number of halogens is 6. The van der Waals surface area contributed by atoms with Crippen molar-refractivity contribution < 1.29 is 57.2 Å². The largest absolute Gasteiger partial charge is 0.415 e. The van der Waals surface area contributed by atoms with Crippen LogP contribution in [0.15, 0.2) is 160 Å². The predicted molar refractivity (Wildman–Crippen MR) is 222 cm³/mol. The standard InChI is InChI=1S/C22H18F3N3O4S.C21H15F3N4O3S/c23-17-3-1-4-18(11-17)28(33(31,32)19-5-2-10-26-12-19)14-15-6-8-16(9-7-15)20(29)13-27-22(30)21(24)25;22-16-3-1-4-17(11-16)28(32(29,30)18-5-2-10-25-12-18)13-14-6-8-15(9-7-14)20-26-27-21(31-20)19(23)24/h1-12,21H,13-14H2,(H,27,30);1-12,19H,13H2. The number of rotatable bonds is 16. The lowest BCUT2D eigenvalue weighted by Gasteiger charge is -2.24. The van der Waals surface area contributed by atoms with Gasteiger partial charge in [0.05, 0.1) is 31.0 Å². The molecule has 65 heavy (non-hydrogen) atoms. The molecule has 7 rings (SSSR count). The molecule has 0 saturated heterocycles. The maximum absolute atomic E-state index is 13.8. The summed E-state index contributed by atoms with van der Waals surface area (Å²) in [6, 6.07) is 28.0. The predicted octanol–water partition coefficient (Wildman–Crippen LogP) is 7.78. The number of hydrogen-bond acceptors (Lipinski definition) is 11. The SMILES string of the molecule is O=C(CNC(=O)C(F)F)c1ccc(CN(c2cccc(F)c2)S(=O)(=O)c2cccnc2)cc1.O=S(=O)(c1cccnc1)N(Cc1ccc(-c2nnc(C(F)F)o2)cc1)c1cccc(F)c1. The fourth-order valence-corrected chi connectivity index (χ4v) is 8.63. The number of hydrogen-bond donors (Lipinski definition) is 1. The van der Waals surface area contributed by atoms with Crippen molar-refractivity contribution in [2.75, 3.05) is 15.2 Å². The first-order chi connectivity index (χ1) is 31.0. The Morgan fingerprint density at radius 3 is 1.54 bits per heavy atom. The zero-order valence-electron chi connectivity index (χ0n) is 33.3. The Morgan fingerprint density at radius 1 is 0.631 bits per heavy atom. The number of nitrogens with zero attached hydrogens (tertiary/aromatic N) is 6. The molecule has 0 unspecified atom stereocenters. The summed E-state index contributed by atoms with van der Waals surface area (Å²) in [5.74, 6) is -4.23. The monoisotopic (exact) mass is 937 g/mol. The lowest BCUT2D eigenvalue weighted by Crippen LogP contribution is -2.34. The highest BCUT2D eigenvalue weighted by Crippen LogP contribution is 2.29. The van der Waals surface area contributed by atoms with Crippen molar-refractivity contribution in [1.29, 1.82) is 0 Å². The van der Waals surface area contributed by atoms with Gasteiger partial charge in [-0.3, -0.25) is 28.2 Å². The zero-order chi connectivity index (χ0) is 46.7. The van der Waals surface area contributed by atoms with Crippen LogP contribution in [-0.2, 0) is 37.9 Å². The third kappa shape index (κ3) is 12.0. The van der Waals surface area contributed by atoms with E-state index in [-0.39, 0.29) is 45.7 Å². The molecule has 7 aromatic rings. The van der Waals surface area contributed by atoms with Crippen molar-refractivity contribution in [1.82, 2.24) is 25.5 Å². The molecule has 22 heteroatoms. The summed E-state index contributed by atoms with van der Waals surface area (Å²) >= 11 is 0. The Labute approximate surface area is 367 Å². The van der Waals surface area contributed by atoms with E-state index < -0.39 is 68.7 Å². The van der Waals surface area contributed by atoms with Gasteiger partial charge in [-0.2, -0.15) is 17.6 Å². The summed E-state index contributed by atoms with van der Waals surface area (Å²) < 4.78 is 137. The van der Waals surface area contributed by atoms with Crippen LogP contribution in [0.3, 0.4) is 0 Å². The van der Waals surface area contributed by atoms with Gasteiger partial charge >= 0.3 is 12.9 Å². The van der Waals surface area contributed by atoms with Gasteiger partial charge in [0.1, 0.15) is 21.4 Å². The van der Waals surface area contributed by atoms with Crippen molar-refractivity contribution in [3.05, 3.63) is 180 Å². The summed E-state index contributed by atoms with van der Waals surface area (Å²) in [5, 5.41) is 8.69. The van der Waals surface area contributed by atoms with Gasteiger partial charge in [0.15, 0.2) is 5.78 Å². The third-order valence-corrected chi connectivity index (χ3v) is 12.5. The van der Waals surface area contributed by atoms with Gasteiger partial charge in [-0.1, -0.05) is 48.5 Å². The van der Waals surface area contributed by atoms with Gasteiger partial charge in [-0.05, 0) is 83.9 Å². The van der Waals surface area contributed by atoms with Gasteiger partial charge in [0.25, 0.3) is 31.8 Å². The molecule has 336 valence electrons. The van der Waals surface area contributed by atoms with Crippen LogP contribution in [0.2, 0.25) is 0 Å². The molecule has 0 saturated carbocycles. The van der Waals surface area contributed by atoms with E-state index >= 15 is 0 Å². The highest BCUT2D eigenvalue weighted by atomic mass is 32.2. The molecular weight excluding hydrogens is 905 g/mol. The van der Waals surface area contributed by atoms with E-state index in [9.17, 15) is 52.8 Å². The first-order valence-corrected chi connectivity index (χ1v) is 21.7. The van der Waals surface area contributed by atoms with Crippen LogP contribution >= 0.6 is 0 Å². The van der Waals surface area contributed by atoms with Gasteiger partial charge < -0.3 is 9.73 Å². The highest BCUT2D eigenvalue weighted by molar-refractivity contribution is 7.93. The zero-order valence-corrected chi connectivity index (χ0v) is 34.9. The Bertz CT molecular complexity index is 2950. The number of pyridine rings is 2. The minimum atomic E-state index is -4.10. The molecule has 0 aliphatic heterocycles. The van der Waals surface area contributed by atoms with Crippen molar-refractivity contribution in [2.45, 2.75) is 35.7 Å². The van der Waals surface area contributed by atoms with E-state index in [0.717, 1.165) is 20.7 Å². The molecule has 4 aromatic carbocycles. The van der Waals surface area contributed by atoms with Crippen molar-refractivity contribution in [3.63, 3.8) is 0 Å². The second kappa shape index (κ2) is 20.8. The minimum Gasteiger partial charge on any atom is -0.415 e. The maximum Gasteiger partial charge on any atom is 0.315 e. The Kier molecular flexibility index (Phi) is 15.1. The molecule has 0 atom stereocenters. The van der Waals surface area contributed by atoms with Crippen LogP contribution in [0, 0.1) is 11.6 Å². The summed E-state index contributed by atoms with van der Waals surface area (Å²) in [7, 11) is -8.16. The lowest BCUT2D eigenvalue weighted by molar-refractivity contribution is -0.131. The molecule has 3 heterocycles. The topological polar surface area (TPSA) is 186 Å². The molecule has 1 N–H and O–H groups in total. The van der Waals surface area contributed by atoms with E-state index in [1.165, 1.54) is 110 Å². The fraction of sp³-hybridized carbons (Fsp3) is 0.116. The number of aromatic nitrogens is 4. The number of amides is 1. The number of anilines is 2. The number of nitrogens with one attached hydrogen (secondary N) is 1. The molecule has 0 bridgehead atoms. The molecule has 1 amide bonds. The van der Waals surface area contributed by atoms with Crippen LogP contribution in [0.1, 0.15) is 33.8 Å². The molecule has 14 nitrogen and oxygen atoms in total. The van der Waals surface area contributed by atoms with Gasteiger partial charge in [0, 0.05) is 35.9 Å². The highest BCUT2D eigenvalue weighted by Gasteiger charge is 2.28. The van der Waals surface area contributed by atoms with Crippen LogP contribution in [0.4, 0.5) is 37.7 Å². The maximum atomic E-state index is 13.8. The van der Waals surface area contributed by atoms with E-state index in [1.54, 1.807) is 24.3 Å². The van der Waals surface area contributed by atoms with Crippen molar-refractivity contribution in [2.24, 2.45) is 0 Å². The van der Waals surface area contributed by atoms with Crippen LogP contribution in [-0.4, -0.2) is 61.7 Å². The number of ketones is 1. The number of carbonyl (C=O) groups excluding carboxylic acids is 2. The second-order valence-corrected chi connectivity index (χ2v) is 17.2. The molecule has 0 aliphatic carbocycles. The van der Waals surface area contributed by atoms with Crippen LogP contribution in [0.5, 0.6) is 0 Å². The minimum absolute atomic E-state index is 0.0498. The van der Waals surface area contributed by atoms with Crippen molar-refractivity contribution >= 4 is 43.1 Å². The average Bonchev–Trinajstić information content (AvgIpc) is 3.81. The number of sulfonamides is 2. The first-order valence-electron chi connectivity index (χ1n) is 18.8.